The third-order valence-electron chi connectivity index (χ3n) is 2.36. The van der Waals surface area contributed by atoms with Gasteiger partial charge in [-0.3, -0.25) is 5.43 Å². The summed E-state index contributed by atoms with van der Waals surface area (Å²) in [5, 5.41) is 9.27. The van der Waals surface area contributed by atoms with E-state index in [9.17, 15) is 5.11 Å². The van der Waals surface area contributed by atoms with Crippen LogP contribution in [0.3, 0.4) is 0 Å². The zero-order valence-electron chi connectivity index (χ0n) is 11.3. The summed E-state index contributed by atoms with van der Waals surface area (Å²) in [6, 6.07) is 0. The topological polar surface area (TPSA) is 103 Å². The number of nitrogens with zero attached hydrogens (tertiary/aromatic N) is 5. The maximum atomic E-state index is 9.27. The van der Waals surface area contributed by atoms with Gasteiger partial charge in [0, 0.05) is 27.7 Å². The van der Waals surface area contributed by atoms with E-state index in [4.69, 9.17) is 5.84 Å². The predicted molar refractivity (Wildman–Crippen MR) is 71.5 cm³/mol. The lowest BCUT2D eigenvalue weighted by Gasteiger charge is -2.20. The van der Waals surface area contributed by atoms with Gasteiger partial charge in [-0.25, -0.2) is 5.84 Å². The van der Waals surface area contributed by atoms with Crippen LogP contribution in [0.1, 0.15) is 13.3 Å². The highest BCUT2D eigenvalue weighted by Gasteiger charge is 2.11. The molecular formula is C10H21N7O. The van der Waals surface area contributed by atoms with Crippen LogP contribution in [-0.2, 0) is 0 Å². The first-order chi connectivity index (χ1) is 8.43. The van der Waals surface area contributed by atoms with Crippen molar-refractivity contribution in [3.8, 4) is 0 Å². The van der Waals surface area contributed by atoms with Gasteiger partial charge in [-0.15, -0.1) is 0 Å². The lowest BCUT2D eigenvalue weighted by Crippen LogP contribution is -2.26. The number of hydrogen-bond acceptors (Lipinski definition) is 8. The number of hydrazine groups is 1. The van der Waals surface area contributed by atoms with Gasteiger partial charge in [0.1, 0.15) is 0 Å². The normalized spacial score (nSPS) is 12.1. The van der Waals surface area contributed by atoms with Gasteiger partial charge in [-0.1, -0.05) is 0 Å². The molecule has 4 N–H and O–H groups in total. The number of nitrogens with one attached hydrogen (secondary N) is 1. The fraction of sp³-hybridized carbons (Fsp3) is 0.700. The summed E-state index contributed by atoms with van der Waals surface area (Å²) >= 11 is 0. The van der Waals surface area contributed by atoms with Gasteiger partial charge in [-0.05, 0) is 13.3 Å². The number of aromatic nitrogens is 3. The molecule has 1 unspecified atom stereocenters. The van der Waals surface area contributed by atoms with Crippen molar-refractivity contribution in [3.05, 3.63) is 0 Å². The van der Waals surface area contributed by atoms with Crippen LogP contribution < -0.4 is 21.1 Å². The number of nitrogens with two attached hydrogens (primary N) is 1. The highest BCUT2D eigenvalue weighted by atomic mass is 16.3. The van der Waals surface area contributed by atoms with E-state index in [1.807, 2.05) is 26.0 Å². The number of aliphatic hydroxyl groups excluding tert-OH is 1. The zero-order chi connectivity index (χ0) is 13.7. The minimum absolute atomic E-state index is 0.313. The molecule has 0 radical (unpaired) electrons. The van der Waals surface area contributed by atoms with Crippen molar-refractivity contribution in [1.82, 2.24) is 15.0 Å². The Morgan fingerprint density at radius 3 is 2.33 bits per heavy atom. The minimum atomic E-state index is -0.352. The summed E-state index contributed by atoms with van der Waals surface area (Å²) in [4.78, 5) is 16.2. The predicted octanol–water partition coefficient (Wildman–Crippen LogP) is -0.570. The van der Waals surface area contributed by atoms with Gasteiger partial charge >= 0.3 is 0 Å². The maximum Gasteiger partial charge on any atom is 0.243 e. The van der Waals surface area contributed by atoms with Crippen molar-refractivity contribution in [2.75, 3.05) is 42.9 Å². The Morgan fingerprint density at radius 2 is 1.83 bits per heavy atom. The Labute approximate surface area is 107 Å². The molecule has 1 aromatic rings. The zero-order valence-corrected chi connectivity index (χ0v) is 11.3. The van der Waals surface area contributed by atoms with Crippen LogP contribution in [0.4, 0.5) is 17.8 Å². The Morgan fingerprint density at radius 1 is 1.22 bits per heavy atom. The molecule has 1 heterocycles. The van der Waals surface area contributed by atoms with Crippen molar-refractivity contribution in [1.29, 1.82) is 0 Å². The van der Waals surface area contributed by atoms with Gasteiger partial charge in [0.25, 0.3) is 0 Å². The number of nitrogen functional groups attached to an aromatic ring is 1. The molecule has 0 amide bonds. The molecule has 1 rings (SSSR count). The van der Waals surface area contributed by atoms with Crippen LogP contribution >= 0.6 is 0 Å². The summed E-state index contributed by atoms with van der Waals surface area (Å²) in [6.45, 7) is 2.40. The summed E-state index contributed by atoms with van der Waals surface area (Å²) in [5.41, 5.74) is 2.42. The molecule has 8 heteroatoms. The first kappa shape index (κ1) is 14.4. The Balaban J connectivity index is 2.89. The molecule has 0 saturated carbocycles. The van der Waals surface area contributed by atoms with E-state index < -0.39 is 0 Å². The van der Waals surface area contributed by atoms with E-state index in [1.165, 1.54) is 0 Å². The number of anilines is 3. The Hall–Kier alpha value is -1.67. The molecule has 0 saturated heterocycles. The fourth-order valence-electron chi connectivity index (χ4n) is 1.27. The van der Waals surface area contributed by atoms with Crippen LogP contribution in [0.25, 0.3) is 0 Å². The van der Waals surface area contributed by atoms with Crippen LogP contribution in [0.2, 0.25) is 0 Å². The molecular weight excluding hydrogens is 234 g/mol. The second-order valence-electron chi connectivity index (χ2n) is 4.36. The second-order valence-corrected chi connectivity index (χ2v) is 4.36. The molecule has 0 aliphatic rings. The first-order valence-electron chi connectivity index (χ1n) is 5.73. The molecule has 1 atom stereocenters. The summed E-state index contributed by atoms with van der Waals surface area (Å²) in [6.07, 6.45) is 0.292. The molecule has 0 fully saturated rings. The van der Waals surface area contributed by atoms with Crippen molar-refractivity contribution in [2.24, 2.45) is 5.84 Å². The van der Waals surface area contributed by atoms with E-state index in [0.29, 0.717) is 30.8 Å². The smallest absolute Gasteiger partial charge is 0.243 e. The maximum absolute atomic E-state index is 9.27. The van der Waals surface area contributed by atoms with Crippen LogP contribution in [0.5, 0.6) is 0 Å². The van der Waals surface area contributed by atoms with E-state index >= 15 is 0 Å². The quantitative estimate of drug-likeness (QED) is 0.458. The van der Waals surface area contributed by atoms with Gasteiger partial charge in [-0.2, -0.15) is 15.0 Å². The fourth-order valence-corrected chi connectivity index (χ4v) is 1.27. The average molecular weight is 255 g/mol. The van der Waals surface area contributed by atoms with Crippen molar-refractivity contribution in [2.45, 2.75) is 19.4 Å². The lowest BCUT2D eigenvalue weighted by atomic mass is 10.3. The third kappa shape index (κ3) is 3.97. The summed E-state index contributed by atoms with van der Waals surface area (Å²) in [5.74, 6) is 6.68. The largest absolute Gasteiger partial charge is 0.393 e. The number of rotatable bonds is 6. The van der Waals surface area contributed by atoms with Crippen LogP contribution in [-0.4, -0.2) is 53.9 Å². The first-order valence-corrected chi connectivity index (χ1v) is 5.73. The van der Waals surface area contributed by atoms with Gasteiger partial charge in [0.2, 0.25) is 17.8 Å². The van der Waals surface area contributed by atoms with Crippen LogP contribution in [0, 0.1) is 0 Å². The Kier molecular flexibility index (Phi) is 5.05. The molecule has 0 spiro atoms. The van der Waals surface area contributed by atoms with Gasteiger partial charge < -0.3 is 14.9 Å². The molecule has 8 nitrogen and oxygen atoms in total. The number of hydrogen-bond donors (Lipinski definition) is 3. The standard InChI is InChI=1S/C10H21N7O/c1-7(18)5-6-17(4)10-13-8(15-11)12-9(14-10)16(2)3/h7,18H,5-6,11H2,1-4H3,(H,12,13,14,15). The lowest BCUT2D eigenvalue weighted by molar-refractivity contribution is 0.186. The molecule has 0 aromatic carbocycles. The highest BCUT2D eigenvalue weighted by Crippen LogP contribution is 2.13. The monoisotopic (exact) mass is 255 g/mol. The summed E-state index contributed by atoms with van der Waals surface area (Å²) in [7, 11) is 5.54. The van der Waals surface area contributed by atoms with Crippen molar-refractivity contribution < 1.29 is 5.11 Å². The van der Waals surface area contributed by atoms with Crippen molar-refractivity contribution in [3.63, 3.8) is 0 Å². The Bertz CT molecular complexity index is 382. The molecule has 1 aromatic heterocycles. The SMILES string of the molecule is CC(O)CCN(C)c1nc(NN)nc(N(C)C)n1. The van der Waals surface area contributed by atoms with Crippen molar-refractivity contribution >= 4 is 17.8 Å². The molecule has 0 aliphatic carbocycles. The van der Waals surface area contributed by atoms with E-state index in [1.54, 1.807) is 11.8 Å². The van der Waals surface area contributed by atoms with E-state index in [-0.39, 0.29) is 6.10 Å². The number of aliphatic hydroxyl groups is 1. The van der Waals surface area contributed by atoms with E-state index in [0.717, 1.165) is 0 Å². The summed E-state index contributed by atoms with van der Waals surface area (Å²) < 4.78 is 0. The van der Waals surface area contributed by atoms with Crippen LogP contribution in [0.15, 0.2) is 0 Å². The van der Waals surface area contributed by atoms with Gasteiger partial charge in [0.05, 0.1) is 6.10 Å². The van der Waals surface area contributed by atoms with E-state index in [2.05, 4.69) is 20.4 Å². The molecule has 0 aliphatic heterocycles. The molecule has 102 valence electrons. The average Bonchev–Trinajstić information content (AvgIpc) is 2.35. The third-order valence-corrected chi connectivity index (χ3v) is 2.36. The highest BCUT2D eigenvalue weighted by molar-refractivity contribution is 5.43. The second kappa shape index (κ2) is 6.31. The molecule has 18 heavy (non-hydrogen) atoms. The van der Waals surface area contributed by atoms with Gasteiger partial charge in [0.15, 0.2) is 0 Å². The molecule has 0 bridgehead atoms. The minimum Gasteiger partial charge on any atom is -0.393 e.